The van der Waals surface area contributed by atoms with Crippen LogP contribution in [0, 0.1) is 12.7 Å². The zero-order valence-electron chi connectivity index (χ0n) is 12.4. The van der Waals surface area contributed by atoms with Gasteiger partial charge in [0.25, 0.3) is 10.0 Å². The van der Waals surface area contributed by atoms with Crippen molar-refractivity contribution in [3.63, 3.8) is 0 Å². The highest BCUT2D eigenvalue weighted by atomic mass is 79.9. The van der Waals surface area contributed by atoms with Crippen molar-refractivity contribution in [3.8, 4) is 0 Å². The molecule has 1 amide bonds. The molecule has 0 aromatic heterocycles. The van der Waals surface area contributed by atoms with E-state index in [9.17, 15) is 17.6 Å². The molecule has 0 aliphatic heterocycles. The Morgan fingerprint density at radius 1 is 1.17 bits per heavy atom. The van der Waals surface area contributed by atoms with Gasteiger partial charge in [0.05, 0.1) is 16.3 Å². The molecule has 2 aromatic rings. The minimum atomic E-state index is -3.84. The molecule has 0 radical (unpaired) electrons. The Morgan fingerprint density at radius 2 is 1.87 bits per heavy atom. The molecule has 0 bridgehead atoms. The van der Waals surface area contributed by atoms with Crippen LogP contribution in [-0.2, 0) is 14.8 Å². The van der Waals surface area contributed by atoms with Gasteiger partial charge in [-0.1, -0.05) is 22.0 Å². The van der Waals surface area contributed by atoms with Crippen molar-refractivity contribution in [2.45, 2.75) is 18.7 Å². The van der Waals surface area contributed by atoms with Gasteiger partial charge in [-0.15, -0.1) is 0 Å². The van der Waals surface area contributed by atoms with Crippen molar-refractivity contribution in [3.05, 3.63) is 52.3 Å². The zero-order valence-corrected chi connectivity index (χ0v) is 14.8. The first-order chi connectivity index (χ1) is 10.7. The number of carbonyl (C=O) groups excluding carboxylic acids is 1. The first-order valence-corrected chi connectivity index (χ1v) is 8.83. The van der Waals surface area contributed by atoms with Crippen molar-refractivity contribution in [1.29, 1.82) is 0 Å². The van der Waals surface area contributed by atoms with Crippen LogP contribution in [0.2, 0.25) is 0 Å². The molecule has 0 aliphatic rings. The quantitative estimate of drug-likeness (QED) is 0.821. The van der Waals surface area contributed by atoms with Crippen LogP contribution in [-0.4, -0.2) is 14.3 Å². The smallest absolute Gasteiger partial charge is 0.262 e. The summed E-state index contributed by atoms with van der Waals surface area (Å²) in [4.78, 5) is 11.2. The number of rotatable bonds is 4. The highest BCUT2D eigenvalue weighted by Gasteiger charge is 2.18. The predicted molar refractivity (Wildman–Crippen MR) is 90.4 cm³/mol. The molecule has 2 rings (SSSR count). The van der Waals surface area contributed by atoms with E-state index in [1.807, 2.05) is 0 Å². The van der Waals surface area contributed by atoms with Crippen LogP contribution in [0.4, 0.5) is 15.8 Å². The van der Waals surface area contributed by atoms with Crippen LogP contribution in [0.15, 0.2) is 45.8 Å². The van der Waals surface area contributed by atoms with Gasteiger partial charge in [0.1, 0.15) is 5.82 Å². The second-order valence-electron chi connectivity index (χ2n) is 4.89. The summed E-state index contributed by atoms with van der Waals surface area (Å²) in [6.45, 7) is 2.91. The van der Waals surface area contributed by atoms with E-state index in [1.165, 1.54) is 25.1 Å². The average molecular weight is 401 g/mol. The Bertz CT molecular complexity index is 869. The number of amides is 1. The Kier molecular flexibility index (Phi) is 5.06. The van der Waals surface area contributed by atoms with Gasteiger partial charge in [-0.2, -0.15) is 0 Å². The Hall–Kier alpha value is -1.93. The summed E-state index contributed by atoms with van der Waals surface area (Å²) in [5, 5.41) is 2.30. The van der Waals surface area contributed by atoms with E-state index < -0.39 is 21.7 Å². The van der Waals surface area contributed by atoms with Crippen molar-refractivity contribution >= 4 is 43.2 Å². The average Bonchev–Trinajstić information content (AvgIpc) is 2.44. The van der Waals surface area contributed by atoms with Gasteiger partial charge in [0.15, 0.2) is 0 Å². The normalized spacial score (nSPS) is 11.1. The molecule has 0 fully saturated rings. The van der Waals surface area contributed by atoms with Crippen LogP contribution in [0.3, 0.4) is 0 Å². The summed E-state index contributed by atoms with van der Waals surface area (Å²) in [5.74, 6) is -1.10. The number of benzene rings is 2. The fraction of sp³-hybridized carbons (Fsp3) is 0.133. The van der Waals surface area contributed by atoms with E-state index in [0.29, 0.717) is 10.0 Å². The summed E-state index contributed by atoms with van der Waals surface area (Å²) < 4.78 is 41.6. The molecule has 2 aromatic carbocycles. The maximum absolute atomic E-state index is 13.6. The maximum Gasteiger partial charge on any atom is 0.262 e. The fourth-order valence-corrected chi connectivity index (χ4v) is 3.78. The Labute approximate surface area is 142 Å². The van der Waals surface area contributed by atoms with Crippen LogP contribution in [0.25, 0.3) is 0 Å². The van der Waals surface area contributed by atoms with Gasteiger partial charge in [0.2, 0.25) is 5.91 Å². The van der Waals surface area contributed by atoms with Crippen LogP contribution >= 0.6 is 15.9 Å². The molecular weight excluding hydrogens is 387 g/mol. The first kappa shape index (κ1) is 17.4. The van der Waals surface area contributed by atoms with Crippen LogP contribution in [0.1, 0.15) is 12.5 Å². The standard InChI is InChI=1S/C15H14BrFN2O3S/c1-9-3-4-11(16)7-15(9)23(21,22)19-12-5-6-13(17)14(8-12)18-10(2)20/h3-8,19H,1-2H3,(H,18,20). The van der Waals surface area contributed by atoms with Crippen molar-refractivity contribution in [2.24, 2.45) is 0 Å². The van der Waals surface area contributed by atoms with E-state index in [0.717, 1.165) is 6.07 Å². The van der Waals surface area contributed by atoms with Gasteiger partial charge in [-0.3, -0.25) is 9.52 Å². The number of hydrogen-bond donors (Lipinski definition) is 2. The molecule has 0 saturated heterocycles. The van der Waals surface area contributed by atoms with E-state index in [1.54, 1.807) is 19.1 Å². The first-order valence-electron chi connectivity index (χ1n) is 6.55. The third-order valence-electron chi connectivity index (χ3n) is 2.97. The summed E-state index contributed by atoms with van der Waals surface area (Å²) in [6, 6.07) is 8.48. The number of nitrogens with one attached hydrogen (secondary N) is 2. The highest BCUT2D eigenvalue weighted by molar-refractivity contribution is 9.10. The molecule has 0 heterocycles. The second kappa shape index (κ2) is 6.67. The molecule has 0 atom stereocenters. The number of sulfonamides is 1. The number of anilines is 2. The summed E-state index contributed by atoms with van der Waals surface area (Å²) in [6.07, 6.45) is 0. The molecule has 0 saturated carbocycles. The summed E-state index contributed by atoms with van der Waals surface area (Å²) in [5.41, 5.74) is 0.628. The monoisotopic (exact) mass is 400 g/mol. The Balaban J connectivity index is 2.37. The van der Waals surface area contributed by atoms with E-state index >= 15 is 0 Å². The van der Waals surface area contributed by atoms with E-state index in [4.69, 9.17) is 0 Å². The number of hydrogen-bond acceptors (Lipinski definition) is 3. The summed E-state index contributed by atoms with van der Waals surface area (Å²) in [7, 11) is -3.84. The molecule has 2 N–H and O–H groups in total. The van der Waals surface area contributed by atoms with Crippen LogP contribution in [0.5, 0.6) is 0 Å². The second-order valence-corrected chi connectivity index (χ2v) is 7.46. The minimum absolute atomic E-state index is 0.0938. The molecule has 23 heavy (non-hydrogen) atoms. The highest BCUT2D eigenvalue weighted by Crippen LogP contribution is 2.25. The molecule has 5 nitrogen and oxygen atoms in total. The molecule has 8 heteroatoms. The SMILES string of the molecule is CC(=O)Nc1cc(NS(=O)(=O)c2cc(Br)ccc2C)ccc1F. The maximum atomic E-state index is 13.6. The van der Waals surface area contributed by atoms with Gasteiger partial charge in [-0.05, 0) is 42.8 Å². The third kappa shape index (κ3) is 4.29. The molecule has 0 spiro atoms. The predicted octanol–water partition coefficient (Wildman–Crippen LogP) is 3.66. The largest absolute Gasteiger partial charge is 0.324 e. The lowest BCUT2D eigenvalue weighted by Crippen LogP contribution is -2.15. The van der Waals surface area contributed by atoms with Crippen molar-refractivity contribution in [1.82, 2.24) is 0 Å². The third-order valence-corrected chi connectivity index (χ3v) is 4.99. The van der Waals surface area contributed by atoms with Gasteiger partial charge < -0.3 is 5.32 Å². The lowest BCUT2D eigenvalue weighted by molar-refractivity contribution is -0.114. The van der Waals surface area contributed by atoms with Gasteiger partial charge >= 0.3 is 0 Å². The molecular formula is C15H14BrFN2O3S. The van der Waals surface area contributed by atoms with Gasteiger partial charge in [-0.25, -0.2) is 12.8 Å². The number of carbonyl (C=O) groups is 1. The lowest BCUT2D eigenvalue weighted by Gasteiger charge is -2.12. The van der Waals surface area contributed by atoms with Crippen LogP contribution < -0.4 is 10.0 Å². The minimum Gasteiger partial charge on any atom is -0.324 e. The van der Waals surface area contributed by atoms with E-state index in [2.05, 4.69) is 26.0 Å². The lowest BCUT2D eigenvalue weighted by atomic mass is 10.2. The Morgan fingerprint density at radius 3 is 2.52 bits per heavy atom. The topological polar surface area (TPSA) is 75.3 Å². The van der Waals surface area contributed by atoms with Crippen molar-refractivity contribution < 1.29 is 17.6 Å². The van der Waals surface area contributed by atoms with E-state index in [-0.39, 0.29) is 16.3 Å². The van der Waals surface area contributed by atoms with Gasteiger partial charge in [0, 0.05) is 11.4 Å². The molecule has 0 unspecified atom stereocenters. The molecule has 122 valence electrons. The number of aryl methyl sites for hydroxylation is 1. The zero-order chi connectivity index (χ0) is 17.2. The molecule has 0 aliphatic carbocycles. The number of halogens is 2. The summed E-state index contributed by atoms with van der Waals surface area (Å²) >= 11 is 3.23. The fourth-order valence-electron chi connectivity index (χ4n) is 1.95. The van der Waals surface area contributed by atoms with Crippen molar-refractivity contribution in [2.75, 3.05) is 10.0 Å².